The number of nitrogens with zero attached hydrogens (tertiary/aromatic N) is 4. The molecule has 0 saturated carbocycles. The van der Waals surface area contributed by atoms with E-state index in [9.17, 15) is 9.90 Å². The van der Waals surface area contributed by atoms with E-state index >= 15 is 0 Å². The number of aromatic hydroxyl groups is 1. The third-order valence-corrected chi connectivity index (χ3v) is 4.02. The molecule has 0 amide bonds. The van der Waals surface area contributed by atoms with Crippen LogP contribution in [0.25, 0.3) is 5.69 Å². The normalized spacial score (nSPS) is 10.5. The number of carbonyl (C=O) groups is 1. The van der Waals surface area contributed by atoms with Gasteiger partial charge in [0.1, 0.15) is 5.75 Å². The molecule has 0 saturated heterocycles. The van der Waals surface area contributed by atoms with E-state index in [1.807, 2.05) is 30.3 Å². The summed E-state index contributed by atoms with van der Waals surface area (Å²) in [6.07, 6.45) is 0.627. The van der Waals surface area contributed by atoms with Crippen molar-refractivity contribution in [2.75, 3.05) is 0 Å². The van der Waals surface area contributed by atoms with Crippen LogP contribution in [0.2, 0.25) is 0 Å². The number of phenols is 1. The van der Waals surface area contributed by atoms with Crippen LogP contribution < -0.4 is 0 Å². The van der Waals surface area contributed by atoms with Gasteiger partial charge in [-0.05, 0) is 40.3 Å². The van der Waals surface area contributed by atoms with Crippen LogP contribution in [0.1, 0.15) is 15.9 Å². The van der Waals surface area contributed by atoms with Gasteiger partial charge in [0.15, 0.2) is 6.29 Å². The molecule has 7 heteroatoms. The lowest BCUT2D eigenvalue weighted by Gasteiger charge is -2.05. The molecule has 0 radical (unpaired) electrons. The molecule has 3 aromatic rings. The number of aldehydes is 1. The largest absolute Gasteiger partial charge is 0.507 e. The van der Waals surface area contributed by atoms with Gasteiger partial charge >= 0.3 is 0 Å². The van der Waals surface area contributed by atoms with Gasteiger partial charge in [0, 0.05) is 5.75 Å². The average Bonchev–Trinajstić information content (AvgIpc) is 3.02. The maximum absolute atomic E-state index is 10.7. The van der Waals surface area contributed by atoms with Crippen LogP contribution >= 0.6 is 11.8 Å². The summed E-state index contributed by atoms with van der Waals surface area (Å²) in [5.74, 6) is 0.565. The van der Waals surface area contributed by atoms with Crippen LogP contribution in [0.15, 0.2) is 53.7 Å². The molecule has 1 N–H and O–H groups in total. The lowest BCUT2D eigenvalue weighted by atomic mass is 10.1. The molecular weight excluding hydrogens is 300 g/mol. The summed E-state index contributed by atoms with van der Waals surface area (Å²) in [6, 6.07) is 14.6. The smallest absolute Gasteiger partial charge is 0.214 e. The van der Waals surface area contributed by atoms with Crippen LogP contribution in [0, 0.1) is 0 Å². The van der Waals surface area contributed by atoms with Crippen molar-refractivity contribution in [1.82, 2.24) is 20.2 Å². The number of carbonyl (C=O) groups excluding carboxylic acids is 1. The number of rotatable bonds is 5. The second kappa shape index (κ2) is 6.40. The van der Waals surface area contributed by atoms with E-state index in [1.54, 1.807) is 22.9 Å². The molecular formula is C15H12N4O2S. The number of phenolic OH excluding ortho intramolecular Hbond substituents is 1. The fourth-order valence-electron chi connectivity index (χ4n) is 1.93. The van der Waals surface area contributed by atoms with Crippen LogP contribution in [-0.2, 0) is 5.75 Å². The van der Waals surface area contributed by atoms with E-state index in [1.165, 1.54) is 11.8 Å². The Morgan fingerprint density at radius 1 is 1.18 bits per heavy atom. The second-order valence-electron chi connectivity index (χ2n) is 4.51. The third-order valence-electron chi connectivity index (χ3n) is 3.03. The quantitative estimate of drug-likeness (QED) is 0.576. The SMILES string of the molecule is O=Cc1ccc(CSc2nnnn2-c2ccccc2)cc1O. The summed E-state index contributed by atoms with van der Waals surface area (Å²) in [4.78, 5) is 10.7. The highest BCUT2D eigenvalue weighted by molar-refractivity contribution is 7.98. The minimum atomic E-state index is -0.0178. The predicted octanol–water partition coefficient (Wildman–Crippen LogP) is 2.47. The summed E-state index contributed by atoms with van der Waals surface area (Å²) in [6.45, 7) is 0. The Morgan fingerprint density at radius 3 is 2.73 bits per heavy atom. The number of thioether (sulfide) groups is 1. The first-order chi connectivity index (χ1) is 10.8. The van der Waals surface area contributed by atoms with Crippen LogP contribution in [-0.4, -0.2) is 31.6 Å². The highest BCUT2D eigenvalue weighted by Crippen LogP contribution is 2.25. The van der Waals surface area contributed by atoms with E-state index in [-0.39, 0.29) is 11.3 Å². The van der Waals surface area contributed by atoms with E-state index < -0.39 is 0 Å². The Hall–Kier alpha value is -2.67. The minimum absolute atomic E-state index is 0.0178. The summed E-state index contributed by atoms with van der Waals surface area (Å²) in [7, 11) is 0. The van der Waals surface area contributed by atoms with Crippen LogP contribution in [0.3, 0.4) is 0 Å². The van der Waals surface area contributed by atoms with Gasteiger partial charge in [-0.25, -0.2) is 0 Å². The summed E-state index contributed by atoms with van der Waals surface area (Å²) < 4.78 is 1.66. The van der Waals surface area contributed by atoms with Crippen molar-refractivity contribution in [1.29, 1.82) is 0 Å². The molecule has 3 rings (SSSR count). The Balaban J connectivity index is 1.77. The first-order valence-corrected chi connectivity index (χ1v) is 7.50. The fourth-order valence-corrected chi connectivity index (χ4v) is 2.76. The van der Waals surface area contributed by atoms with Gasteiger partial charge < -0.3 is 5.11 Å². The lowest BCUT2D eigenvalue weighted by Crippen LogP contribution is -1.98. The van der Waals surface area contributed by atoms with Gasteiger partial charge in [0.2, 0.25) is 5.16 Å². The average molecular weight is 312 g/mol. The Morgan fingerprint density at radius 2 is 2.00 bits per heavy atom. The molecule has 0 unspecified atom stereocenters. The second-order valence-corrected chi connectivity index (χ2v) is 5.45. The van der Waals surface area contributed by atoms with Crippen molar-refractivity contribution in [3.8, 4) is 11.4 Å². The Kier molecular flexibility index (Phi) is 4.15. The van der Waals surface area contributed by atoms with Gasteiger partial charge in [-0.15, -0.1) is 5.10 Å². The number of tetrazole rings is 1. The summed E-state index contributed by atoms with van der Waals surface area (Å²) >= 11 is 1.45. The zero-order valence-corrected chi connectivity index (χ0v) is 12.3. The molecule has 2 aromatic carbocycles. The monoisotopic (exact) mass is 312 g/mol. The zero-order chi connectivity index (χ0) is 15.4. The Bertz CT molecular complexity index is 789. The highest BCUT2D eigenvalue weighted by atomic mass is 32.2. The van der Waals surface area contributed by atoms with E-state index in [2.05, 4.69) is 15.5 Å². The van der Waals surface area contributed by atoms with Crippen molar-refractivity contribution >= 4 is 18.0 Å². The maximum atomic E-state index is 10.7. The standard InChI is InChI=1S/C15H12N4O2S/c20-9-12-7-6-11(8-14(12)21)10-22-15-16-17-18-19(15)13-4-2-1-3-5-13/h1-9,21H,10H2. The number of para-hydroxylation sites is 1. The molecule has 0 fully saturated rings. The van der Waals surface area contributed by atoms with Crippen molar-refractivity contribution in [3.05, 3.63) is 59.7 Å². The molecule has 1 heterocycles. The van der Waals surface area contributed by atoms with Gasteiger partial charge in [-0.3, -0.25) is 4.79 Å². The summed E-state index contributed by atoms with van der Waals surface area (Å²) in [5.41, 5.74) is 2.05. The molecule has 0 bridgehead atoms. The molecule has 0 atom stereocenters. The van der Waals surface area contributed by atoms with E-state index in [0.717, 1.165) is 11.3 Å². The predicted molar refractivity (Wildman–Crippen MR) is 82.2 cm³/mol. The molecule has 22 heavy (non-hydrogen) atoms. The minimum Gasteiger partial charge on any atom is -0.507 e. The van der Waals surface area contributed by atoms with Crippen molar-refractivity contribution < 1.29 is 9.90 Å². The van der Waals surface area contributed by atoms with Crippen molar-refractivity contribution in [3.63, 3.8) is 0 Å². The lowest BCUT2D eigenvalue weighted by molar-refractivity contribution is 0.112. The molecule has 1 aromatic heterocycles. The van der Waals surface area contributed by atoms with Gasteiger partial charge in [0.25, 0.3) is 0 Å². The Labute approximate surface area is 130 Å². The highest BCUT2D eigenvalue weighted by Gasteiger charge is 2.09. The molecule has 6 nitrogen and oxygen atoms in total. The van der Waals surface area contributed by atoms with Gasteiger partial charge in [-0.1, -0.05) is 36.0 Å². The topological polar surface area (TPSA) is 80.9 Å². The van der Waals surface area contributed by atoms with Crippen molar-refractivity contribution in [2.45, 2.75) is 10.9 Å². The maximum Gasteiger partial charge on any atom is 0.214 e. The van der Waals surface area contributed by atoms with Gasteiger partial charge in [-0.2, -0.15) is 4.68 Å². The molecule has 0 aliphatic carbocycles. The fraction of sp³-hybridized carbons (Fsp3) is 0.0667. The molecule has 0 aliphatic rings. The zero-order valence-electron chi connectivity index (χ0n) is 11.5. The number of hydrogen-bond acceptors (Lipinski definition) is 6. The number of hydrogen-bond donors (Lipinski definition) is 1. The van der Waals surface area contributed by atoms with Crippen LogP contribution in [0.4, 0.5) is 0 Å². The molecule has 0 aliphatic heterocycles. The molecule has 110 valence electrons. The molecule has 0 spiro atoms. The van der Waals surface area contributed by atoms with Gasteiger partial charge in [0.05, 0.1) is 11.3 Å². The first-order valence-electron chi connectivity index (χ1n) is 6.51. The first kappa shape index (κ1) is 14.3. The van der Waals surface area contributed by atoms with E-state index in [0.29, 0.717) is 17.2 Å². The third kappa shape index (κ3) is 2.99. The number of aromatic nitrogens is 4. The summed E-state index contributed by atoms with van der Waals surface area (Å²) in [5, 5.41) is 22.0. The van der Waals surface area contributed by atoms with E-state index in [4.69, 9.17) is 0 Å². The number of benzene rings is 2. The van der Waals surface area contributed by atoms with Crippen molar-refractivity contribution in [2.24, 2.45) is 0 Å². The van der Waals surface area contributed by atoms with Crippen LogP contribution in [0.5, 0.6) is 5.75 Å².